The minimum Gasteiger partial charge on any atom is -0.385 e. The number of methoxy groups -OCH3 is 1. The third-order valence-electron chi connectivity index (χ3n) is 4.00. The van der Waals surface area contributed by atoms with Gasteiger partial charge in [0.2, 0.25) is 0 Å². The number of carbonyl (C=O) groups is 1. The van der Waals surface area contributed by atoms with Crippen molar-refractivity contribution in [2.45, 2.75) is 13.3 Å². The van der Waals surface area contributed by atoms with E-state index in [-0.39, 0.29) is 5.91 Å². The normalized spacial score (nSPS) is 10.8. The Hall–Kier alpha value is -2.79. The molecule has 5 heteroatoms. The van der Waals surface area contributed by atoms with Crippen LogP contribution in [-0.4, -0.2) is 36.1 Å². The van der Waals surface area contributed by atoms with E-state index in [1.54, 1.807) is 19.5 Å². The van der Waals surface area contributed by atoms with Crippen LogP contribution in [0.5, 0.6) is 0 Å². The number of ether oxygens (including phenoxy) is 1. The van der Waals surface area contributed by atoms with Crippen molar-refractivity contribution in [2.75, 3.05) is 20.3 Å². The van der Waals surface area contributed by atoms with E-state index in [4.69, 9.17) is 9.72 Å². The van der Waals surface area contributed by atoms with Crippen molar-refractivity contribution in [3.8, 4) is 11.3 Å². The Morgan fingerprint density at radius 1 is 1.16 bits per heavy atom. The summed E-state index contributed by atoms with van der Waals surface area (Å²) in [5.74, 6) is -0.0931. The summed E-state index contributed by atoms with van der Waals surface area (Å²) in [4.78, 5) is 21.5. The summed E-state index contributed by atoms with van der Waals surface area (Å²) in [5, 5.41) is 3.83. The van der Waals surface area contributed by atoms with Crippen molar-refractivity contribution in [3.63, 3.8) is 0 Å². The minimum absolute atomic E-state index is 0.0931. The Balaban J connectivity index is 2.01. The second-order valence-corrected chi connectivity index (χ2v) is 5.91. The lowest BCUT2D eigenvalue weighted by molar-refractivity contribution is 0.0950. The summed E-state index contributed by atoms with van der Waals surface area (Å²) in [6.07, 6.45) is 4.23. The van der Waals surface area contributed by atoms with E-state index >= 15 is 0 Å². The van der Waals surface area contributed by atoms with Crippen LogP contribution in [0.4, 0.5) is 0 Å². The van der Waals surface area contributed by atoms with Gasteiger partial charge in [0.15, 0.2) is 0 Å². The first-order chi connectivity index (χ1) is 12.2. The highest BCUT2D eigenvalue weighted by atomic mass is 16.5. The Labute approximate surface area is 147 Å². The molecule has 0 aliphatic rings. The topological polar surface area (TPSA) is 64.1 Å². The predicted octanol–water partition coefficient (Wildman–Crippen LogP) is 3.37. The number of rotatable bonds is 6. The van der Waals surface area contributed by atoms with Crippen LogP contribution in [-0.2, 0) is 4.74 Å². The SMILES string of the molecule is COCCCNC(=O)c1cc(-c2ccncc2)nc2ccc(C)cc12. The molecular formula is C20H21N3O2. The number of hydrogen-bond donors (Lipinski definition) is 1. The van der Waals surface area contributed by atoms with Crippen LogP contribution < -0.4 is 5.32 Å². The maximum Gasteiger partial charge on any atom is 0.252 e. The third-order valence-corrected chi connectivity index (χ3v) is 4.00. The Morgan fingerprint density at radius 2 is 1.96 bits per heavy atom. The summed E-state index contributed by atoms with van der Waals surface area (Å²) in [6.45, 7) is 3.21. The number of fused-ring (bicyclic) bond motifs is 1. The standard InChI is InChI=1S/C20H21N3O2/c1-14-4-5-18-16(12-14)17(20(24)22-8-3-11-25-2)13-19(23-18)15-6-9-21-10-7-15/h4-7,9-10,12-13H,3,8,11H2,1-2H3,(H,22,24). The lowest BCUT2D eigenvalue weighted by Crippen LogP contribution is -2.25. The zero-order chi connectivity index (χ0) is 17.6. The van der Waals surface area contributed by atoms with Gasteiger partial charge in [-0.1, -0.05) is 11.6 Å². The molecule has 2 aromatic heterocycles. The Kier molecular flexibility index (Phi) is 5.36. The molecule has 3 rings (SSSR count). The van der Waals surface area contributed by atoms with Crippen LogP contribution in [0, 0.1) is 6.92 Å². The summed E-state index contributed by atoms with van der Waals surface area (Å²) >= 11 is 0. The molecule has 3 aromatic rings. The molecule has 0 saturated carbocycles. The maximum absolute atomic E-state index is 12.7. The fourth-order valence-electron chi connectivity index (χ4n) is 2.71. The highest BCUT2D eigenvalue weighted by Crippen LogP contribution is 2.25. The molecule has 0 radical (unpaired) electrons. The van der Waals surface area contributed by atoms with Crippen LogP contribution in [0.3, 0.4) is 0 Å². The van der Waals surface area contributed by atoms with Gasteiger partial charge in [0.25, 0.3) is 5.91 Å². The molecule has 1 amide bonds. The summed E-state index contributed by atoms with van der Waals surface area (Å²) in [7, 11) is 1.65. The van der Waals surface area contributed by atoms with Crippen LogP contribution in [0.15, 0.2) is 48.8 Å². The van der Waals surface area contributed by atoms with Gasteiger partial charge in [0, 0.05) is 43.6 Å². The Morgan fingerprint density at radius 3 is 2.72 bits per heavy atom. The first-order valence-electron chi connectivity index (χ1n) is 8.28. The van der Waals surface area contributed by atoms with Gasteiger partial charge >= 0.3 is 0 Å². The van der Waals surface area contributed by atoms with Gasteiger partial charge in [0.05, 0.1) is 16.8 Å². The highest BCUT2D eigenvalue weighted by molar-refractivity contribution is 6.07. The van der Waals surface area contributed by atoms with Gasteiger partial charge in [-0.3, -0.25) is 9.78 Å². The predicted molar refractivity (Wildman–Crippen MR) is 98.5 cm³/mol. The fraction of sp³-hybridized carbons (Fsp3) is 0.250. The van der Waals surface area contributed by atoms with Gasteiger partial charge in [-0.25, -0.2) is 4.98 Å². The number of pyridine rings is 2. The zero-order valence-corrected chi connectivity index (χ0v) is 14.5. The number of aromatic nitrogens is 2. The first-order valence-corrected chi connectivity index (χ1v) is 8.28. The summed E-state index contributed by atoms with van der Waals surface area (Å²) in [6, 6.07) is 11.6. The lowest BCUT2D eigenvalue weighted by atomic mass is 10.0. The van der Waals surface area contributed by atoms with E-state index in [0.29, 0.717) is 18.7 Å². The third kappa shape index (κ3) is 4.00. The van der Waals surface area contributed by atoms with Crippen LogP contribution in [0.2, 0.25) is 0 Å². The number of nitrogens with one attached hydrogen (secondary N) is 1. The molecule has 128 valence electrons. The molecule has 0 spiro atoms. The number of hydrogen-bond acceptors (Lipinski definition) is 4. The molecule has 1 N–H and O–H groups in total. The molecule has 0 atom stereocenters. The summed E-state index contributed by atoms with van der Waals surface area (Å²) in [5.41, 5.74) is 4.24. The van der Waals surface area contributed by atoms with E-state index < -0.39 is 0 Å². The quantitative estimate of drug-likeness (QED) is 0.702. The number of aryl methyl sites for hydroxylation is 1. The molecule has 0 saturated heterocycles. The molecule has 0 aliphatic heterocycles. The summed E-state index contributed by atoms with van der Waals surface area (Å²) < 4.78 is 5.03. The molecule has 2 heterocycles. The highest BCUT2D eigenvalue weighted by Gasteiger charge is 2.14. The van der Waals surface area contributed by atoms with Gasteiger partial charge < -0.3 is 10.1 Å². The minimum atomic E-state index is -0.0931. The number of nitrogens with zero attached hydrogens (tertiary/aromatic N) is 2. The monoisotopic (exact) mass is 335 g/mol. The first kappa shape index (κ1) is 17.0. The average molecular weight is 335 g/mol. The van der Waals surface area contributed by atoms with E-state index in [1.807, 2.05) is 43.3 Å². The maximum atomic E-state index is 12.7. The largest absolute Gasteiger partial charge is 0.385 e. The van der Waals surface area contributed by atoms with Crippen molar-refractivity contribution in [1.82, 2.24) is 15.3 Å². The van der Waals surface area contributed by atoms with Crippen molar-refractivity contribution in [2.24, 2.45) is 0 Å². The number of carbonyl (C=O) groups excluding carboxylic acids is 1. The molecule has 0 bridgehead atoms. The smallest absolute Gasteiger partial charge is 0.252 e. The second kappa shape index (κ2) is 7.85. The lowest BCUT2D eigenvalue weighted by Gasteiger charge is -2.11. The molecule has 0 aliphatic carbocycles. The molecule has 25 heavy (non-hydrogen) atoms. The van der Waals surface area contributed by atoms with Crippen LogP contribution in [0.25, 0.3) is 22.2 Å². The van der Waals surface area contributed by atoms with Gasteiger partial charge in [-0.15, -0.1) is 0 Å². The molecule has 0 fully saturated rings. The van der Waals surface area contributed by atoms with E-state index in [1.165, 1.54) is 0 Å². The fourth-order valence-corrected chi connectivity index (χ4v) is 2.71. The van der Waals surface area contributed by atoms with Crippen molar-refractivity contribution in [1.29, 1.82) is 0 Å². The molecular weight excluding hydrogens is 314 g/mol. The number of benzene rings is 1. The van der Waals surface area contributed by atoms with E-state index in [2.05, 4.69) is 10.3 Å². The molecule has 0 unspecified atom stereocenters. The van der Waals surface area contributed by atoms with Crippen LogP contribution in [0.1, 0.15) is 22.3 Å². The molecule has 5 nitrogen and oxygen atoms in total. The van der Waals surface area contributed by atoms with Gasteiger partial charge in [-0.2, -0.15) is 0 Å². The van der Waals surface area contributed by atoms with Crippen molar-refractivity contribution >= 4 is 16.8 Å². The van der Waals surface area contributed by atoms with Crippen molar-refractivity contribution < 1.29 is 9.53 Å². The number of amides is 1. The van der Waals surface area contributed by atoms with E-state index in [9.17, 15) is 4.79 Å². The zero-order valence-electron chi connectivity index (χ0n) is 14.5. The Bertz CT molecular complexity index is 879. The second-order valence-electron chi connectivity index (χ2n) is 5.91. The van der Waals surface area contributed by atoms with E-state index in [0.717, 1.165) is 34.1 Å². The van der Waals surface area contributed by atoms with Crippen LogP contribution >= 0.6 is 0 Å². The molecule has 1 aromatic carbocycles. The van der Waals surface area contributed by atoms with Crippen molar-refractivity contribution in [3.05, 3.63) is 59.9 Å². The van der Waals surface area contributed by atoms with Gasteiger partial charge in [0.1, 0.15) is 0 Å². The average Bonchev–Trinajstić information content (AvgIpc) is 2.65. The van der Waals surface area contributed by atoms with Gasteiger partial charge in [-0.05, 0) is 43.7 Å².